The van der Waals surface area contributed by atoms with E-state index in [9.17, 15) is 8.78 Å². The molecule has 0 spiro atoms. The number of aryl methyl sites for hydroxylation is 1. The van der Waals surface area contributed by atoms with Gasteiger partial charge in [0.15, 0.2) is 0 Å². The number of nitrogens with one attached hydrogen (secondary N) is 1. The van der Waals surface area contributed by atoms with E-state index in [1.807, 2.05) is 13.8 Å². The molecule has 0 aromatic heterocycles. The van der Waals surface area contributed by atoms with E-state index in [-0.39, 0.29) is 23.6 Å². The number of hydrogen-bond donors (Lipinski definition) is 1. The van der Waals surface area contributed by atoms with E-state index in [0.29, 0.717) is 11.1 Å². The first kappa shape index (κ1) is 13.1. The average Bonchev–Trinajstić information content (AvgIpc) is 2.26. The first-order chi connectivity index (χ1) is 7.51. The lowest BCUT2D eigenvalue weighted by atomic mass is 9.91. The van der Waals surface area contributed by atoms with Gasteiger partial charge in [0.25, 0.3) is 0 Å². The van der Waals surface area contributed by atoms with E-state index in [1.165, 1.54) is 12.1 Å². The van der Waals surface area contributed by atoms with E-state index in [0.717, 1.165) is 6.42 Å². The van der Waals surface area contributed by atoms with E-state index >= 15 is 0 Å². The van der Waals surface area contributed by atoms with Gasteiger partial charge in [-0.1, -0.05) is 20.3 Å². The smallest absolute Gasteiger partial charge is 0.128 e. The molecule has 3 heteroatoms. The van der Waals surface area contributed by atoms with Crippen molar-refractivity contribution in [2.75, 3.05) is 7.05 Å². The van der Waals surface area contributed by atoms with Crippen molar-refractivity contribution in [3.8, 4) is 0 Å². The van der Waals surface area contributed by atoms with Crippen molar-refractivity contribution in [1.29, 1.82) is 0 Å². The summed E-state index contributed by atoms with van der Waals surface area (Å²) in [5.41, 5.74) is 0.764. The summed E-state index contributed by atoms with van der Waals surface area (Å²) < 4.78 is 27.2. The van der Waals surface area contributed by atoms with E-state index in [1.54, 1.807) is 14.0 Å². The van der Waals surface area contributed by atoms with E-state index in [4.69, 9.17) is 0 Å². The molecule has 16 heavy (non-hydrogen) atoms. The Morgan fingerprint density at radius 1 is 1.25 bits per heavy atom. The number of rotatable bonds is 4. The van der Waals surface area contributed by atoms with Crippen molar-refractivity contribution in [2.24, 2.45) is 5.92 Å². The Morgan fingerprint density at radius 2 is 1.88 bits per heavy atom. The standard InChI is InChI=1S/C13H19F2N/c1-5-8(2)13(16-4)10-7-11(14)9(3)6-12(10)15/h6-8,13,16H,5H2,1-4H3. The maximum absolute atomic E-state index is 13.8. The van der Waals surface area contributed by atoms with Gasteiger partial charge >= 0.3 is 0 Å². The summed E-state index contributed by atoms with van der Waals surface area (Å²) >= 11 is 0. The third kappa shape index (κ3) is 2.59. The van der Waals surface area contributed by atoms with Crippen molar-refractivity contribution in [2.45, 2.75) is 33.2 Å². The fraction of sp³-hybridized carbons (Fsp3) is 0.538. The molecule has 1 aromatic carbocycles. The second-order valence-corrected chi connectivity index (χ2v) is 4.27. The lowest BCUT2D eigenvalue weighted by Crippen LogP contribution is -2.24. The third-order valence-corrected chi connectivity index (χ3v) is 3.14. The molecule has 2 atom stereocenters. The van der Waals surface area contributed by atoms with Crippen LogP contribution >= 0.6 is 0 Å². The second kappa shape index (κ2) is 5.39. The van der Waals surface area contributed by atoms with Gasteiger partial charge in [0.05, 0.1) is 0 Å². The van der Waals surface area contributed by atoms with Gasteiger partial charge in [-0.2, -0.15) is 0 Å². The molecule has 90 valence electrons. The van der Waals surface area contributed by atoms with Gasteiger partial charge in [0.1, 0.15) is 11.6 Å². The van der Waals surface area contributed by atoms with Crippen LogP contribution in [0.15, 0.2) is 12.1 Å². The van der Waals surface area contributed by atoms with Gasteiger partial charge in [-0.25, -0.2) is 8.78 Å². The van der Waals surface area contributed by atoms with Gasteiger partial charge in [-0.15, -0.1) is 0 Å². The molecule has 1 aromatic rings. The fourth-order valence-electron chi connectivity index (χ4n) is 1.88. The molecule has 1 nitrogen and oxygen atoms in total. The van der Waals surface area contributed by atoms with Crippen LogP contribution in [0.3, 0.4) is 0 Å². The first-order valence-electron chi connectivity index (χ1n) is 5.64. The Bertz CT molecular complexity index is 363. The molecule has 0 saturated heterocycles. The van der Waals surface area contributed by atoms with Crippen LogP contribution in [0.1, 0.15) is 37.4 Å². The van der Waals surface area contributed by atoms with Crippen molar-refractivity contribution >= 4 is 0 Å². The quantitative estimate of drug-likeness (QED) is 0.829. The summed E-state index contributed by atoms with van der Waals surface area (Å²) in [6, 6.07) is 2.43. The van der Waals surface area contributed by atoms with Crippen LogP contribution in [0.4, 0.5) is 8.78 Å². The van der Waals surface area contributed by atoms with Crippen LogP contribution < -0.4 is 5.32 Å². The van der Waals surface area contributed by atoms with E-state index in [2.05, 4.69) is 5.32 Å². The van der Waals surface area contributed by atoms with Crippen LogP contribution in [-0.4, -0.2) is 7.05 Å². The molecule has 0 fully saturated rings. The minimum Gasteiger partial charge on any atom is -0.313 e. The fourth-order valence-corrected chi connectivity index (χ4v) is 1.88. The molecule has 0 heterocycles. The zero-order valence-electron chi connectivity index (χ0n) is 10.3. The Hall–Kier alpha value is -0.960. The lowest BCUT2D eigenvalue weighted by molar-refractivity contribution is 0.385. The number of benzene rings is 1. The second-order valence-electron chi connectivity index (χ2n) is 4.27. The zero-order valence-corrected chi connectivity index (χ0v) is 10.3. The van der Waals surface area contributed by atoms with Crippen molar-refractivity contribution < 1.29 is 8.78 Å². The van der Waals surface area contributed by atoms with Crippen LogP contribution in [0.2, 0.25) is 0 Å². The Morgan fingerprint density at radius 3 is 2.38 bits per heavy atom. The normalized spacial score (nSPS) is 14.9. The summed E-state index contributed by atoms with van der Waals surface area (Å²) in [5.74, 6) is -0.417. The molecule has 0 aliphatic carbocycles. The maximum Gasteiger partial charge on any atom is 0.128 e. The van der Waals surface area contributed by atoms with Gasteiger partial charge in [0, 0.05) is 11.6 Å². The van der Waals surface area contributed by atoms with Gasteiger partial charge in [0.2, 0.25) is 0 Å². The van der Waals surface area contributed by atoms with Crippen LogP contribution in [0.25, 0.3) is 0 Å². The summed E-state index contributed by atoms with van der Waals surface area (Å²) in [4.78, 5) is 0. The summed E-state index contributed by atoms with van der Waals surface area (Å²) in [5, 5.41) is 3.05. The Labute approximate surface area is 95.9 Å². The van der Waals surface area contributed by atoms with Gasteiger partial charge in [-0.05, 0) is 37.6 Å². The molecule has 0 saturated carbocycles. The molecule has 0 radical (unpaired) electrons. The molecular weight excluding hydrogens is 208 g/mol. The highest BCUT2D eigenvalue weighted by Crippen LogP contribution is 2.27. The Kier molecular flexibility index (Phi) is 4.42. The maximum atomic E-state index is 13.8. The molecule has 1 rings (SSSR count). The number of hydrogen-bond acceptors (Lipinski definition) is 1. The van der Waals surface area contributed by atoms with Crippen molar-refractivity contribution in [3.63, 3.8) is 0 Å². The summed E-state index contributed by atoms with van der Waals surface area (Å²) in [7, 11) is 1.77. The molecule has 0 bridgehead atoms. The molecular formula is C13H19F2N. The largest absolute Gasteiger partial charge is 0.313 e. The predicted octanol–water partition coefficient (Wildman–Crippen LogP) is 3.58. The predicted molar refractivity (Wildman–Crippen MR) is 62.4 cm³/mol. The average molecular weight is 227 g/mol. The van der Waals surface area contributed by atoms with Gasteiger partial charge in [-0.3, -0.25) is 0 Å². The molecule has 1 N–H and O–H groups in total. The third-order valence-electron chi connectivity index (χ3n) is 3.14. The van der Waals surface area contributed by atoms with E-state index < -0.39 is 0 Å². The van der Waals surface area contributed by atoms with Crippen LogP contribution in [0, 0.1) is 24.5 Å². The highest BCUT2D eigenvalue weighted by Gasteiger charge is 2.20. The van der Waals surface area contributed by atoms with Crippen LogP contribution in [-0.2, 0) is 0 Å². The van der Waals surface area contributed by atoms with Crippen molar-refractivity contribution in [1.82, 2.24) is 5.32 Å². The first-order valence-corrected chi connectivity index (χ1v) is 5.64. The van der Waals surface area contributed by atoms with Gasteiger partial charge < -0.3 is 5.32 Å². The SMILES string of the molecule is CCC(C)C(NC)c1cc(F)c(C)cc1F. The minimum absolute atomic E-state index is 0.139. The molecule has 0 aliphatic heterocycles. The number of halogens is 2. The minimum atomic E-state index is -0.347. The highest BCUT2D eigenvalue weighted by molar-refractivity contribution is 5.28. The van der Waals surface area contributed by atoms with Crippen molar-refractivity contribution in [3.05, 3.63) is 34.9 Å². The summed E-state index contributed by atoms with van der Waals surface area (Å²) in [6.07, 6.45) is 0.917. The summed E-state index contributed by atoms with van der Waals surface area (Å²) in [6.45, 7) is 5.63. The van der Waals surface area contributed by atoms with Crippen LogP contribution in [0.5, 0.6) is 0 Å². The lowest BCUT2D eigenvalue weighted by Gasteiger charge is -2.23. The molecule has 0 aliphatic rings. The molecule has 0 amide bonds. The molecule has 2 unspecified atom stereocenters. The monoisotopic (exact) mass is 227 g/mol. The highest BCUT2D eigenvalue weighted by atomic mass is 19.1. The zero-order chi connectivity index (χ0) is 12.3. The Balaban J connectivity index is 3.15. The topological polar surface area (TPSA) is 12.0 Å².